The minimum atomic E-state index is -0.776. The molecule has 4 rings (SSSR count). The maximum absolute atomic E-state index is 12.5. The van der Waals surface area contributed by atoms with Gasteiger partial charge in [-0.15, -0.1) is 0 Å². The summed E-state index contributed by atoms with van der Waals surface area (Å²) in [6.45, 7) is 1.63. The molecule has 1 amide bonds. The quantitative estimate of drug-likeness (QED) is 0.105. The van der Waals surface area contributed by atoms with E-state index in [1.54, 1.807) is 25.1 Å². The fraction of sp³-hybridized carbons (Fsp3) is 0.100. The first-order valence-corrected chi connectivity index (χ1v) is 12.6. The largest absolute Gasteiger partial charge is 0.493 e. The van der Waals surface area contributed by atoms with Gasteiger partial charge in [0, 0.05) is 0 Å². The summed E-state index contributed by atoms with van der Waals surface area (Å²) in [5.41, 5.74) is 5.45. The van der Waals surface area contributed by atoms with Crippen molar-refractivity contribution in [1.29, 1.82) is 0 Å². The molecule has 0 heterocycles. The first-order valence-electron chi connectivity index (χ1n) is 11.8. The van der Waals surface area contributed by atoms with E-state index in [0.717, 1.165) is 11.1 Å². The molecule has 0 saturated carbocycles. The Hall–Kier alpha value is -4.33. The van der Waals surface area contributed by atoms with Crippen LogP contribution in [0.4, 0.5) is 0 Å². The van der Waals surface area contributed by atoms with Crippen molar-refractivity contribution in [3.63, 3.8) is 0 Å². The van der Waals surface area contributed by atoms with Crippen LogP contribution in [0.5, 0.6) is 17.2 Å². The van der Waals surface area contributed by atoms with Gasteiger partial charge in [-0.2, -0.15) is 5.10 Å². The highest BCUT2D eigenvalue weighted by molar-refractivity contribution is 6.42. The SMILES string of the molecule is COc1cc(/C=N/NC(=O)C(C)Oc2ccc(-c3ccccc3)cc2)ccc1OC(=O)c1ccc(Cl)c(Cl)c1. The van der Waals surface area contributed by atoms with Crippen molar-refractivity contribution in [3.8, 4) is 28.4 Å². The monoisotopic (exact) mass is 562 g/mol. The first-order chi connectivity index (χ1) is 18.8. The van der Waals surface area contributed by atoms with Gasteiger partial charge in [-0.3, -0.25) is 4.79 Å². The van der Waals surface area contributed by atoms with E-state index < -0.39 is 18.0 Å². The Morgan fingerprint density at radius 1 is 0.846 bits per heavy atom. The van der Waals surface area contributed by atoms with E-state index in [4.69, 9.17) is 37.4 Å². The Bertz CT molecular complexity index is 1490. The van der Waals surface area contributed by atoms with Crippen molar-refractivity contribution >= 4 is 41.3 Å². The molecule has 0 saturated heterocycles. The summed E-state index contributed by atoms with van der Waals surface area (Å²) in [4.78, 5) is 24.9. The molecule has 1 N–H and O–H groups in total. The fourth-order valence-corrected chi connectivity index (χ4v) is 3.80. The summed E-state index contributed by atoms with van der Waals surface area (Å²) in [6, 6.07) is 26.8. The van der Waals surface area contributed by atoms with Gasteiger partial charge >= 0.3 is 5.97 Å². The fourth-order valence-electron chi connectivity index (χ4n) is 3.51. The van der Waals surface area contributed by atoms with Crippen LogP contribution in [-0.2, 0) is 4.79 Å². The number of nitrogens with zero attached hydrogens (tertiary/aromatic N) is 1. The number of halogens is 2. The van der Waals surface area contributed by atoms with Crippen LogP contribution in [0.3, 0.4) is 0 Å². The van der Waals surface area contributed by atoms with Crippen LogP contribution in [0, 0.1) is 0 Å². The number of nitrogens with one attached hydrogen (secondary N) is 1. The molecule has 0 radical (unpaired) electrons. The molecule has 0 aliphatic carbocycles. The number of benzene rings is 4. The Morgan fingerprint density at radius 3 is 2.26 bits per heavy atom. The van der Waals surface area contributed by atoms with Crippen LogP contribution in [0.15, 0.2) is 96.1 Å². The molecule has 39 heavy (non-hydrogen) atoms. The third-order valence-electron chi connectivity index (χ3n) is 5.58. The molecule has 1 atom stereocenters. The van der Waals surface area contributed by atoms with Crippen LogP contribution >= 0.6 is 23.2 Å². The minimum absolute atomic E-state index is 0.204. The second-order valence-corrected chi connectivity index (χ2v) is 9.13. The van der Waals surface area contributed by atoms with E-state index in [1.807, 2.05) is 54.6 Å². The van der Waals surface area contributed by atoms with Crippen LogP contribution in [0.25, 0.3) is 11.1 Å². The zero-order valence-corrected chi connectivity index (χ0v) is 22.6. The van der Waals surface area contributed by atoms with Crippen LogP contribution in [-0.4, -0.2) is 31.3 Å². The Kier molecular flexibility index (Phi) is 9.20. The van der Waals surface area contributed by atoms with Crippen LogP contribution in [0.1, 0.15) is 22.8 Å². The molecule has 7 nitrogen and oxygen atoms in total. The summed E-state index contributed by atoms with van der Waals surface area (Å²) in [5.74, 6) is 0.0308. The highest BCUT2D eigenvalue weighted by atomic mass is 35.5. The molecular formula is C30H24Cl2N2O5. The molecule has 0 fully saturated rings. The topological polar surface area (TPSA) is 86.2 Å². The van der Waals surface area contributed by atoms with Crippen molar-refractivity contribution in [3.05, 3.63) is 112 Å². The van der Waals surface area contributed by atoms with E-state index in [1.165, 1.54) is 31.5 Å². The van der Waals surface area contributed by atoms with Crippen molar-refractivity contribution < 1.29 is 23.8 Å². The highest BCUT2D eigenvalue weighted by Crippen LogP contribution is 2.29. The van der Waals surface area contributed by atoms with E-state index in [2.05, 4.69) is 10.5 Å². The second-order valence-electron chi connectivity index (χ2n) is 8.31. The third-order valence-corrected chi connectivity index (χ3v) is 6.32. The molecule has 4 aromatic rings. The molecule has 0 spiro atoms. The number of hydrogen-bond donors (Lipinski definition) is 1. The number of amides is 1. The Morgan fingerprint density at radius 2 is 1.56 bits per heavy atom. The van der Waals surface area contributed by atoms with Crippen LogP contribution < -0.4 is 19.6 Å². The average Bonchev–Trinajstić information content (AvgIpc) is 2.95. The lowest BCUT2D eigenvalue weighted by molar-refractivity contribution is -0.127. The minimum Gasteiger partial charge on any atom is -0.493 e. The van der Waals surface area contributed by atoms with Crippen LogP contribution in [0.2, 0.25) is 10.0 Å². The highest BCUT2D eigenvalue weighted by Gasteiger charge is 2.16. The van der Waals surface area contributed by atoms with E-state index in [9.17, 15) is 9.59 Å². The summed E-state index contributed by atoms with van der Waals surface area (Å²) < 4.78 is 16.5. The van der Waals surface area contributed by atoms with E-state index >= 15 is 0 Å². The summed E-state index contributed by atoms with van der Waals surface area (Å²) in [6.07, 6.45) is 0.661. The maximum atomic E-state index is 12.5. The number of carbonyl (C=O) groups is 2. The van der Waals surface area contributed by atoms with Gasteiger partial charge in [-0.25, -0.2) is 10.2 Å². The zero-order chi connectivity index (χ0) is 27.8. The summed E-state index contributed by atoms with van der Waals surface area (Å²) >= 11 is 11.9. The van der Waals surface area contributed by atoms with Crippen molar-refractivity contribution in [2.45, 2.75) is 13.0 Å². The zero-order valence-electron chi connectivity index (χ0n) is 21.1. The number of hydrogen-bond acceptors (Lipinski definition) is 6. The van der Waals surface area contributed by atoms with Gasteiger partial charge < -0.3 is 14.2 Å². The lowest BCUT2D eigenvalue weighted by Gasteiger charge is -2.13. The predicted molar refractivity (Wildman–Crippen MR) is 152 cm³/mol. The van der Waals surface area contributed by atoms with Gasteiger partial charge in [0.05, 0.1) is 28.9 Å². The van der Waals surface area contributed by atoms with Gasteiger partial charge in [0.1, 0.15) is 5.75 Å². The maximum Gasteiger partial charge on any atom is 0.343 e. The molecule has 198 valence electrons. The number of hydrazone groups is 1. The second kappa shape index (κ2) is 13.0. The standard InChI is InChI=1S/C30H24Cl2N2O5/c1-19(38-24-12-9-22(10-13-24)21-6-4-3-5-7-21)29(35)34-33-18-20-8-15-27(28(16-20)37-2)39-30(36)23-11-14-25(31)26(32)17-23/h3-19H,1-2H3,(H,34,35)/b33-18+. The normalized spacial score (nSPS) is 11.6. The Labute approximate surface area is 235 Å². The lowest BCUT2D eigenvalue weighted by atomic mass is 10.1. The summed E-state index contributed by atoms with van der Waals surface area (Å²) in [7, 11) is 1.44. The van der Waals surface area contributed by atoms with E-state index in [0.29, 0.717) is 22.1 Å². The van der Waals surface area contributed by atoms with Gasteiger partial charge in [-0.05, 0) is 72.1 Å². The van der Waals surface area contributed by atoms with Crippen molar-refractivity contribution in [1.82, 2.24) is 5.43 Å². The van der Waals surface area contributed by atoms with Gasteiger partial charge in [0.15, 0.2) is 17.6 Å². The molecule has 0 aromatic heterocycles. The number of rotatable bonds is 9. The molecule has 0 aliphatic heterocycles. The lowest BCUT2D eigenvalue weighted by Crippen LogP contribution is -2.33. The Balaban J connectivity index is 1.32. The first kappa shape index (κ1) is 27.7. The number of methoxy groups -OCH3 is 1. The predicted octanol–water partition coefficient (Wildman–Crippen LogP) is 6.81. The molecule has 4 aromatic carbocycles. The molecule has 0 bridgehead atoms. The smallest absolute Gasteiger partial charge is 0.343 e. The number of carbonyl (C=O) groups excluding carboxylic acids is 2. The van der Waals surface area contributed by atoms with Gasteiger partial charge in [0.25, 0.3) is 5.91 Å². The average molecular weight is 563 g/mol. The molecule has 9 heteroatoms. The molecular weight excluding hydrogens is 539 g/mol. The summed E-state index contributed by atoms with van der Waals surface area (Å²) in [5, 5.41) is 4.57. The third kappa shape index (κ3) is 7.37. The number of esters is 1. The van der Waals surface area contributed by atoms with Gasteiger partial charge in [-0.1, -0.05) is 65.7 Å². The van der Waals surface area contributed by atoms with Crippen molar-refractivity contribution in [2.24, 2.45) is 5.10 Å². The molecule has 0 aliphatic rings. The van der Waals surface area contributed by atoms with Gasteiger partial charge in [0.2, 0.25) is 0 Å². The van der Waals surface area contributed by atoms with Crippen molar-refractivity contribution in [2.75, 3.05) is 7.11 Å². The van der Waals surface area contributed by atoms with E-state index in [-0.39, 0.29) is 16.3 Å². The number of ether oxygens (including phenoxy) is 3. The molecule has 1 unspecified atom stereocenters.